The molecule has 1 saturated heterocycles. The van der Waals surface area contributed by atoms with E-state index in [0.29, 0.717) is 29.6 Å². The lowest BCUT2D eigenvalue weighted by Gasteiger charge is -2.33. The Bertz CT molecular complexity index is 1210. The lowest BCUT2D eigenvalue weighted by Crippen LogP contribution is -2.37. The Kier molecular flexibility index (Phi) is 7.33. The average Bonchev–Trinajstić information content (AvgIpc) is 3.12. The number of nitrogens with one attached hydrogen (secondary N) is 1. The van der Waals surface area contributed by atoms with E-state index >= 15 is 0 Å². The van der Waals surface area contributed by atoms with E-state index in [0.717, 1.165) is 80.4 Å². The number of piperidine rings is 1. The number of carboxylic acid groups (broad SMARTS) is 1. The van der Waals surface area contributed by atoms with Crippen molar-refractivity contribution < 1.29 is 15.0 Å². The Morgan fingerprint density at radius 2 is 1.83 bits per heavy atom. The molecular weight excluding hydrogens is 476 g/mol. The highest BCUT2D eigenvalue weighted by atomic mass is 32.1. The van der Waals surface area contributed by atoms with Gasteiger partial charge in [-0.15, -0.1) is 0 Å². The molecule has 1 fully saturated rings. The van der Waals surface area contributed by atoms with Crippen LogP contribution in [-0.4, -0.2) is 63.4 Å². The summed E-state index contributed by atoms with van der Waals surface area (Å²) >= 11 is 1.09. The van der Waals surface area contributed by atoms with Crippen LogP contribution in [-0.2, 0) is 12.8 Å². The molecule has 4 heterocycles. The number of carboxylic acids is 1. The molecule has 2 aliphatic heterocycles. The number of thiazole rings is 1. The maximum atomic E-state index is 11.5. The van der Waals surface area contributed by atoms with Crippen LogP contribution in [0.5, 0.6) is 0 Å². The number of hydrogen-bond acceptors (Lipinski definition) is 9. The maximum absolute atomic E-state index is 11.5. The van der Waals surface area contributed by atoms with Crippen LogP contribution < -0.4 is 15.1 Å². The Labute approximate surface area is 214 Å². The third-order valence-corrected chi connectivity index (χ3v) is 7.92. The first kappa shape index (κ1) is 24.5. The van der Waals surface area contributed by atoms with Gasteiger partial charge in [-0.2, -0.15) is 9.97 Å². The third kappa shape index (κ3) is 5.44. The highest BCUT2D eigenvalue weighted by molar-refractivity contribution is 7.17. The molecule has 0 atom stereocenters. The SMILES string of the molecule is Cc1nc(Nc2nc3c(c(N4CCC(O)CC4)n2)CCCCN3CCc2ccccc2)sc1C(=O)O. The Hall–Kier alpha value is -3.24. The van der Waals surface area contributed by atoms with Gasteiger partial charge in [-0.05, 0) is 51.0 Å². The summed E-state index contributed by atoms with van der Waals surface area (Å²) in [7, 11) is 0. The fraction of sp³-hybridized carbons (Fsp3) is 0.462. The summed E-state index contributed by atoms with van der Waals surface area (Å²) in [5.41, 5.74) is 2.92. The van der Waals surface area contributed by atoms with Gasteiger partial charge < -0.3 is 20.0 Å². The molecule has 1 aromatic carbocycles. The molecule has 0 spiro atoms. The first-order valence-corrected chi connectivity index (χ1v) is 13.4. The zero-order chi connectivity index (χ0) is 25.1. The molecule has 2 aliphatic rings. The van der Waals surface area contributed by atoms with Crippen molar-refractivity contribution in [3.63, 3.8) is 0 Å². The summed E-state index contributed by atoms with van der Waals surface area (Å²) < 4.78 is 0. The molecule has 0 radical (unpaired) electrons. The van der Waals surface area contributed by atoms with E-state index in [9.17, 15) is 15.0 Å². The average molecular weight is 509 g/mol. The van der Waals surface area contributed by atoms with Crippen LogP contribution in [0.4, 0.5) is 22.7 Å². The molecule has 190 valence electrons. The molecule has 9 nitrogen and oxygen atoms in total. The highest BCUT2D eigenvalue weighted by Gasteiger charge is 2.27. The van der Waals surface area contributed by atoms with Crippen molar-refractivity contribution in [2.45, 2.75) is 51.6 Å². The number of benzene rings is 1. The van der Waals surface area contributed by atoms with Gasteiger partial charge in [-0.3, -0.25) is 5.32 Å². The fourth-order valence-electron chi connectivity index (χ4n) is 4.92. The van der Waals surface area contributed by atoms with E-state index in [1.54, 1.807) is 6.92 Å². The van der Waals surface area contributed by atoms with E-state index in [1.165, 1.54) is 5.56 Å². The number of rotatable bonds is 7. The van der Waals surface area contributed by atoms with Crippen molar-refractivity contribution in [1.82, 2.24) is 15.0 Å². The van der Waals surface area contributed by atoms with Gasteiger partial charge in [-0.25, -0.2) is 9.78 Å². The van der Waals surface area contributed by atoms with E-state index in [4.69, 9.17) is 9.97 Å². The summed E-state index contributed by atoms with van der Waals surface area (Å²) in [4.78, 5) is 30.6. The molecule has 36 heavy (non-hydrogen) atoms. The van der Waals surface area contributed by atoms with E-state index in [2.05, 4.69) is 44.4 Å². The number of aryl methyl sites for hydroxylation is 1. The number of carbonyl (C=O) groups is 1. The van der Waals surface area contributed by atoms with Gasteiger partial charge in [-0.1, -0.05) is 41.7 Å². The number of aromatic nitrogens is 3. The zero-order valence-corrected chi connectivity index (χ0v) is 21.3. The van der Waals surface area contributed by atoms with Crippen LogP contribution in [0, 0.1) is 6.92 Å². The van der Waals surface area contributed by atoms with Crippen molar-refractivity contribution in [1.29, 1.82) is 0 Å². The standard InChI is InChI=1S/C26H32N6O3S/c1-17-21(24(34)35)36-26(27-17)30-25-28-22-20(23(29-25)32-15-11-19(33)12-16-32)9-5-6-13-31(22)14-10-18-7-3-2-4-8-18/h2-4,7-8,19,33H,5-6,9-16H2,1H3,(H,34,35)(H,27,28,29,30). The smallest absolute Gasteiger partial charge is 0.347 e. The Balaban J connectivity index is 1.50. The number of aliphatic hydroxyl groups excluding tert-OH is 1. The number of fused-ring (bicyclic) bond motifs is 1. The number of aliphatic hydroxyl groups is 1. The van der Waals surface area contributed by atoms with Crippen LogP contribution >= 0.6 is 11.3 Å². The lowest BCUT2D eigenvalue weighted by atomic mass is 10.1. The predicted octanol–water partition coefficient (Wildman–Crippen LogP) is 4.03. The normalized spacial score (nSPS) is 16.5. The van der Waals surface area contributed by atoms with Crippen LogP contribution in [0.1, 0.15) is 52.2 Å². The van der Waals surface area contributed by atoms with Gasteiger partial charge in [0, 0.05) is 31.7 Å². The second-order valence-electron chi connectivity index (χ2n) is 9.43. The van der Waals surface area contributed by atoms with Gasteiger partial charge in [0.05, 0.1) is 11.8 Å². The lowest BCUT2D eigenvalue weighted by molar-refractivity contribution is 0.0701. The molecule has 2 aromatic heterocycles. The minimum absolute atomic E-state index is 0.210. The molecule has 3 N–H and O–H groups in total. The van der Waals surface area contributed by atoms with Crippen LogP contribution in [0.3, 0.4) is 0 Å². The Morgan fingerprint density at radius 1 is 1.08 bits per heavy atom. The van der Waals surface area contributed by atoms with Crippen LogP contribution in [0.2, 0.25) is 0 Å². The minimum atomic E-state index is -0.986. The topological polar surface area (TPSA) is 115 Å². The molecule has 0 amide bonds. The van der Waals surface area contributed by atoms with Crippen molar-refractivity contribution in [2.24, 2.45) is 0 Å². The van der Waals surface area contributed by atoms with E-state index in [-0.39, 0.29) is 11.0 Å². The van der Waals surface area contributed by atoms with Crippen LogP contribution in [0.15, 0.2) is 30.3 Å². The van der Waals surface area contributed by atoms with Crippen LogP contribution in [0.25, 0.3) is 0 Å². The molecule has 3 aromatic rings. The first-order chi connectivity index (χ1) is 17.5. The largest absolute Gasteiger partial charge is 0.477 e. The molecule has 5 rings (SSSR count). The summed E-state index contributed by atoms with van der Waals surface area (Å²) in [5, 5.41) is 23.2. The summed E-state index contributed by atoms with van der Waals surface area (Å²) in [6.07, 6.45) is 5.15. The van der Waals surface area contributed by atoms with E-state index < -0.39 is 5.97 Å². The summed E-state index contributed by atoms with van der Waals surface area (Å²) in [6, 6.07) is 10.5. The number of anilines is 4. The maximum Gasteiger partial charge on any atom is 0.347 e. The summed E-state index contributed by atoms with van der Waals surface area (Å²) in [5.74, 6) is 1.29. The fourth-order valence-corrected chi connectivity index (χ4v) is 5.72. The van der Waals surface area contributed by atoms with Gasteiger partial charge in [0.25, 0.3) is 0 Å². The molecule has 0 aliphatic carbocycles. The Morgan fingerprint density at radius 3 is 2.56 bits per heavy atom. The van der Waals surface area contributed by atoms with Crippen molar-refractivity contribution in [3.05, 3.63) is 52.0 Å². The minimum Gasteiger partial charge on any atom is -0.477 e. The third-order valence-electron chi connectivity index (χ3n) is 6.85. The molecule has 0 unspecified atom stereocenters. The second kappa shape index (κ2) is 10.8. The van der Waals surface area contributed by atoms with E-state index in [1.807, 2.05) is 6.07 Å². The van der Waals surface area contributed by atoms with Gasteiger partial charge in [0.2, 0.25) is 5.95 Å². The van der Waals surface area contributed by atoms with Gasteiger partial charge in [0.1, 0.15) is 16.5 Å². The molecule has 10 heteroatoms. The predicted molar refractivity (Wildman–Crippen MR) is 142 cm³/mol. The number of aromatic carboxylic acids is 1. The monoisotopic (exact) mass is 508 g/mol. The summed E-state index contributed by atoms with van der Waals surface area (Å²) in [6.45, 7) is 4.96. The van der Waals surface area contributed by atoms with Gasteiger partial charge in [0.15, 0.2) is 5.13 Å². The van der Waals surface area contributed by atoms with Crippen molar-refractivity contribution in [3.8, 4) is 0 Å². The van der Waals surface area contributed by atoms with Crippen molar-refractivity contribution >= 4 is 40.0 Å². The highest BCUT2D eigenvalue weighted by Crippen LogP contribution is 2.35. The molecular formula is C26H32N6O3S. The first-order valence-electron chi connectivity index (χ1n) is 12.6. The number of nitrogens with zero attached hydrogens (tertiary/aromatic N) is 5. The molecule has 0 saturated carbocycles. The second-order valence-corrected chi connectivity index (χ2v) is 10.4. The molecule has 0 bridgehead atoms. The van der Waals surface area contributed by atoms with Crippen molar-refractivity contribution in [2.75, 3.05) is 41.3 Å². The zero-order valence-electron chi connectivity index (χ0n) is 20.5. The quantitative estimate of drug-likeness (QED) is 0.435. The number of hydrogen-bond donors (Lipinski definition) is 3. The van der Waals surface area contributed by atoms with Gasteiger partial charge >= 0.3 is 5.97 Å².